The van der Waals surface area contributed by atoms with Gasteiger partial charge >= 0.3 is 0 Å². The topological polar surface area (TPSA) is 99.8 Å². The van der Waals surface area contributed by atoms with Crippen molar-refractivity contribution in [3.05, 3.63) is 36.5 Å². The van der Waals surface area contributed by atoms with Crippen LogP contribution in [0.2, 0.25) is 0 Å². The fourth-order valence-corrected chi connectivity index (χ4v) is 2.89. The molecule has 5 N–H and O–H groups in total. The van der Waals surface area contributed by atoms with Crippen molar-refractivity contribution in [3.8, 4) is 11.3 Å². The number of pyridine rings is 1. The molecule has 0 amide bonds. The Kier molecular flexibility index (Phi) is 4.96. The summed E-state index contributed by atoms with van der Waals surface area (Å²) >= 11 is 0. The number of anilines is 2. The first-order chi connectivity index (χ1) is 11.7. The number of nitrogens with one attached hydrogen (secondary N) is 2. The number of nitrogen functional groups attached to an aromatic ring is 1. The molecule has 126 valence electrons. The predicted octanol–water partition coefficient (Wildman–Crippen LogP) is 3.17. The van der Waals surface area contributed by atoms with Crippen molar-refractivity contribution in [3.63, 3.8) is 0 Å². The number of aliphatic hydroxyl groups is 1. The van der Waals surface area contributed by atoms with E-state index in [4.69, 9.17) is 10.8 Å². The molecule has 6 nitrogen and oxygen atoms in total. The minimum absolute atomic E-state index is 0.213. The first-order valence-electron chi connectivity index (χ1n) is 8.28. The van der Waals surface area contributed by atoms with Gasteiger partial charge in [0, 0.05) is 41.5 Å². The molecular formula is C18H23N5O. The molecule has 0 aliphatic heterocycles. The van der Waals surface area contributed by atoms with Crippen molar-refractivity contribution in [1.82, 2.24) is 15.2 Å². The summed E-state index contributed by atoms with van der Waals surface area (Å²) in [5.41, 5.74) is 9.81. The SMILES string of the molecule is CC[C@H](CCCO)Nc1cc(N)nc2cc(-c3ccn[nH]3)ccc12. The van der Waals surface area contributed by atoms with Gasteiger partial charge in [-0.2, -0.15) is 5.10 Å². The zero-order chi connectivity index (χ0) is 16.9. The van der Waals surface area contributed by atoms with Crippen molar-refractivity contribution < 1.29 is 5.11 Å². The van der Waals surface area contributed by atoms with E-state index in [1.54, 1.807) is 6.20 Å². The zero-order valence-electron chi connectivity index (χ0n) is 13.8. The van der Waals surface area contributed by atoms with Gasteiger partial charge in [0.1, 0.15) is 5.82 Å². The monoisotopic (exact) mass is 325 g/mol. The standard InChI is InChI=1S/C18H23N5O/c1-2-13(4-3-9-24)21-17-11-18(19)22-16-10-12(5-6-14(16)17)15-7-8-20-23-15/h5-8,10-11,13,24H,2-4,9H2,1H3,(H,20,23)(H3,19,21,22)/t13-/m1/s1. The molecule has 6 heteroatoms. The zero-order valence-corrected chi connectivity index (χ0v) is 13.8. The van der Waals surface area contributed by atoms with E-state index in [0.29, 0.717) is 11.9 Å². The van der Waals surface area contributed by atoms with E-state index in [1.165, 1.54) is 0 Å². The Labute approximate surface area is 141 Å². The van der Waals surface area contributed by atoms with Gasteiger partial charge in [0.25, 0.3) is 0 Å². The van der Waals surface area contributed by atoms with Crippen LogP contribution >= 0.6 is 0 Å². The fourth-order valence-electron chi connectivity index (χ4n) is 2.89. The van der Waals surface area contributed by atoms with Crippen LogP contribution in [0.5, 0.6) is 0 Å². The Morgan fingerprint density at radius 3 is 2.88 bits per heavy atom. The van der Waals surface area contributed by atoms with Crippen LogP contribution in [0.3, 0.4) is 0 Å². The van der Waals surface area contributed by atoms with Crippen molar-refractivity contribution in [2.45, 2.75) is 32.2 Å². The summed E-state index contributed by atoms with van der Waals surface area (Å²) in [6, 6.07) is 10.2. The van der Waals surface area contributed by atoms with Crippen molar-refractivity contribution in [2.75, 3.05) is 17.7 Å². The number of aliphatic hydroxyl groups excluding tert-OH is 1. The fraction of sp³-hybridized carbons (Fsp3) is 0.333. The second-order valence-electron chi connectivity index (χ2n) is 5.91. The van der Waals surface area contributed by atoms with Gasteiger partial charge in [-0.15, -0.1) is 0 Å². The number of aromatic nitrogens is 3. The van der Waals surface area contributed by atoms with Crippen molar-refractivity contribution >= 4 is 22.4 Å². The summed E-state index contributed by atoms with van der Waals surface area (Å²) in [5, 5.41) is 20.6. The second-order valence-corrected chi connectivity index (χ2v) is 5.91. The van der Waals surface area contributed by atoms with Gasteiger partial charge in [0.2, 0.25) is 0 Å². The van der Waals surface area contributed by atoms with Gasteiger partial charge in [0.05, 0.1) is 11.2 Å². The molecule has 3 aromatic rings. The van der Waals surface area contributed by atoms with Crippen molar-refractivity contribution in [2.24, 2.45) is 0 Å². The molecule has 0 saturated carbocycles. The molecule has 0 unspecified atom stereocenters. The van der Waals surface area contributed by atoms with Gasteiger partial charge < -0.3 is 16.2 Å². The number of fused-ring (bicyclic) bond motifs is 1. The molecule has 2 heterocycles. The third-order valence-electron chi connectivity index (χ3n) is 4.20. The van der Waals surface area contributed by atoms with Gasteiger partial charge in [-0.1, -0.05) is 19.1 Å². The number of nitrogens with zero attached hydrogens (tertiary/aromatic N) is 2. The summed E-state index contributed by atoms with van der Waals surface area (Å²) in [6.07, 6.45) is 4.42. The molecule has 1 aromatic carbocycles. The van der Waals surface area contributed by atoms with Crippen LogP contribution in [0.15, 0.2) is 36.5 Å². The van der Waals surface area contributed by atoms with Gasteiger partial charge in [0.15, 0.2) is 0 Å². The highest BCUT2D eigenvalue weighted by Gasteiger charge is 2.11. The van der Waals surface area contributed by atoms with Crippen molar-refractivity contribution in [1.29, 1.82) is 0 Å². The third kappa shape index (κ3) is 3.49. The summed E-state index contributed by atoms with van der Waals surface area (Å²) in [7, 11) is 0. The molecule has 2 aromatic heterocycles. The number of H-pyrrole nitrogens is 1. The Bertz CT molecular complexity index is 801. The van der Waals surface area contributed by atoms with E-state index in [-0.39, 0.29) is 6.61 Å². The van der Waals surface area contributed by atoms with E-state index >= 15 is 0 Å². The highest BCUT2D eigenvalue weighted by molar-refractivity contribution is 5.95. The number of hydrogen-bond acceptors (Lipinski definition) is 5. The van der Waals surface area contributed by atoms with Gasteiger partial charge in [-0.05, 0) is 31.4 Å². The molecule has 24 heavy (non-hydrogen) atoms. The van der Waals surface area contributed by atoms with Crippen LogP contribution in [0, 0.1) is 0 Å². The van der Waals surface area contributed by atoms with Crippen LogP contribution < -0.4 is 11.1 Å². The largest absolute Gasteiger partial charge is 0.396 e. The summed E-state index contributed by atoms with van der Waals surface area (Å²) < 4.78 is 0. The average molecular weight is 325 g/mol. The maximum Gasteiger partial charge on any atom is 0.126 e. The maximum absolute atomic E-state index is 9.05. The Morgan fingerprint density at radius 1 is 1.29 bits per heavy atom. The molecule has 0 fully saturated rings. The van der Waals surface area contributed by atoms with E-state index in [2.05, 4.69) is 33.5 Å². The van der Waals surface area contributed by atoms with Gasteiger partial charge in [-0.25, -0.2) is 4.98 Å². The van der Waals surface area contributed by atoms with Crippen LogP contribution in [0.4, 0.5) is 11.5 Å². The summed E-state index contributed by atoms with van der Waals surface area (Å²) in [6.45, 7) is 2.35. The first-order valence-corrected chi connectivity index (χ1v) is 8.28. The molecule has 0 bridgehead atoms. The number of benzene rings is 1. The molecule has 0 aliphatic carbocycles. The third-order valence-corrected chi connectivity index (χ3v) is 4.20. The Balaban J connectivity index is 1.96. The highest BCUT2D eigenvalue weighted by atomic mass is 16.2. The Hall–Kier alpha value is -2.60. The lowest BCUT2D eigenvalue weighted by Gasteiger charge is -2.19. The lowest BCUT2D eigenvalue weighted by atomic mass is 10.1. The van der Waals surface area contributed by atoms with E-state index in [9.17, 15) is 0 Å². The van der Waals surface area contributed by atoms with Crippen LogP contribution in [0.25, 0.3) is 22.2 Å². The highest BCUT2D eigenvalue weighted by Crippen LogP contribution is 2.29. The molecule has 0 aliphatic rings. The average Bonchev–Trinajstić information content (AvgIpc) is 3.12. The second kappa shape index (κ2) is 7.31. The number of aromatic amines is 1. The predicted molar refractivity (Wildman–Crippen MR) is 97.8 cm³/mol. The Morgan fingerprint density at radius 2 is 2.17 bits per heavy atom. The van der Waals surface area contributed by atoms with E-state index in [0.717, 1.165) is 47.1 Å². The maximum atomic E-state index is 9.05. The molecule has 0 saturated heterocycles. The van der Waals surface area contributed by atoms with E-state index < -0.39 is 0 Å². The summed E-state index contributed by atoms with van der Waals surface area (Å²) in [4.78, 5) is 4.47. The number of hydrogen-bond donors (Lipinski definition) is 4. The molecule has 3 rings (SSSR count). The van der Waals surface area contributed by atoms with Crippen LogP contribution in [-0.4, -0.2) is 32.9 Å². The molecule has 0 radical (unpaired) electrons. The van der Waals surface area contributed by atoms with Crippen LogP contribution in [0.1, 0.15) is 26.2 Å². The quantitative estimate of drug-likeness (QED) is 0.534. The van der Waals surface area contributed by atoms with Gasteiger partial charge in [-0.3, -0.25) is 5.10 Å². The summed E-state index contributed by atoms with van der Waals surface area (Å²) in [5.74, 6) is 0.490. The number of nitrogens with two attached hydrogens (primary N) is 1. The lowest BCUT2D eigenvalue weighted by molar-refractivity contribution is 0.280. The molecule has 0 spiro atoms. The smallest absolute Gasteiger partial charge is 0.126 e. The van der Waals surface area contributed by atoms with Crippen LogP contribution in [-0.2, 0) is 0 Å². The first kappa shape index (κ1) is 16.3. The molecule has 1 atom stereocenters. The minimum Gasteiger partial charge on any atom is -0.396 e. The normalized spacial score (nSPS) is 12.4. The number of rotatable bonds is 7. The minimum atomic E-state index is 0.213. The molecular weight excluding hydrogens is 302 g/mol. The van der Waals surface area contributed by atoms with E-state index in [1.807, 2.05) is 24.3 Å². The lowest BCUT2D eigenvalue weighted by Crippen LogP contribution is -2.19.